The van der Waals surface area contributed by atoms with Gasteiger partial charge >= 0.3 is 7.82 Å². The Kier molecular flexibility index (Phi) is 4.73. The lowest BCUT2D eigenvalue weighted by Crippen LogP contribution is -2.03. The highest BCUT2D eigenvalue weighted by Crippen LogP contribution is 2.41. The molecule has 0 saturated heterocycles. The van der Waals surface area contributed by atoms with Gasteiger partial charge in [-0.1, -0.05) is 12.1 Å². The molecule has 2 aromatic carbocycles. The van der Waals surface area contributed by atoms with E-state index in [4.69, 9.17) is 19.3 Å². The van der Waals surface area contributed by atoms with E-state index in [9.17, 15) is 9.36 Å². The van der Waals surface area contributed by atoms with Gasteiger partial charge in [0.25, 0.3) is 5.91 Å². The van der Waals surface area contributed by atoms with E-state index in [2.05, 4.69) is 9.84 Å². The van der Waals surface area contributed by atoms with Crippen LogP contribution in [0, 0.1) is 0 Å². The molecule has 0 fully saturated rings. The molecule has 0 atom stereocenters. The van der Waals surface area contributed by atoms with Crippen LogP contribution in [0.15, 0.2) is 36.4 Å². The van der Waals surface area contributed by atoms with Crippen LogP contribution in [0.2, 0.25) is 0 Å². The number of anilines is 1. The molecular formula is C17H16NO7P. The van der Waals surface area contributed by atoms with Gasteiger partial charge in [0.05, 0.1) is 19.9 Å². The van der Waals surface area contributed by atoms with Crippen molar-refractivity contribution in [1.82, 2.24) is 0 Å². The molecule has 0 aliphatic carbocycles. The van der Waals surface area contributed by atoms with Crippen LogP contribution in [0.4, 0.5) is 5.69 Å². The molecule has 0 saturated carbocycles. The first-order valence-corrected chi connectivity index (χ1v) is 8.98. The van der Waals surface area contributed by atoms with Gasteiger partial charge in [0.1, 0.15) is 5.75 Å². The summed E-state index contributed by atoms with van der Waals surface area (Å²) < 4.78 is 25.8. The van der Waals surface area contributed by atoms with E-state index >= 15 is 0 Å². The van der Waals surface area contributed by atoms with Gasteiger partial charge in [-0.15, -0.1) is 0 Å². The maximum absolute atomic E-state index is 12.3. The number of phosphoric acid groups is 1. The molecule has 0 spiro atoms. The molecule has 3 N–H and O–H groups in total. The predicted octanol–water partition coefficient (Wildman–Crippen LogP) is 2.67. The standard InChI is InChI=1S/C17H16NO7P/c1-23-15-8-12-13(17(19)18-14(12)9-16(15)24-2)7-10-3-5-11(6-4-10)25-26(20,21)22/h3-9H,1-2H3,(H,18,19)(H2,20,21,22). The maximum Gasteiger partial charge on any atom is 0.524 e. The number of rotatable bonds is 5. The van der Waals surface area contributed by atoms with Crippen molar-refractivity contribution >= 4 is 31.1 Å². The number of carbonyl (C=O) groups is 1. The fourth-order valence-corrected chi connectivity index (χ4v) is 2.99. The summed E-state index contributed by atoms with van der Waals surface area (Å²) in [7, 11) is -1.58. The number of hydrogen-bond donors (Lipinski definition) is 3. The number of hydrogen-bond acceptors (Lipinski definition) is 5. The topological polar surface area (TPSA) is 114 Å². The SMILES string of the molecule is COc1cc2c(cc1OC)C(=Cc1ccc(OP(=O)(O)O)cc1)C(=O)N2. The Bertz CT molecular complexity index is 931. The van der Waals surface area contributed by atoms with Crippen LogP contribution >= 0.6 is 7.82 Å². The Morgan fingerprint density at radius 3 is 2.23 bits per heavy atom. The highest BCUT2D eigenvalue weighted by molar-refractivity contribution is 7.46. The molecule has 26 heavy (non-hydrogen) atoms. The molecule has 1 heterocycles. The molecule has 2 aromatic rings. The highest BCUT2D eigenvalue weighted by atomic mass is 31.2. The second kappa shape index (κ2) is 6.84. The first kappa shape index (κ1) is 18.0. The number of methoxy groups -OCH3 is 2. The van der Waals surface area contributed by atoms with Crippen molar-refractivity contribution in [3.8, 4) is 17.2 Å². The molecular weight excluding hydrogens is 361 g/mol. The van der Waals surface area contributed by atoms with Crippen LogP contribution in [0.25, 0.3) is 11.6 Å². The molecule has 0 radical (unpaired) electrons. The summed E-state index contributed by atoms with van der Waals surface area (Å²) >= 11 is 0. The largest absolute Gasteiger partial charge is 0.524 e. The number of fused-ring (bicyclic) bond motifs is 1. The van der Waals surface area contributed by atoms with Crippen molar-refractivity contribution in [3.63, 3.8) is 0 Å². The molecule has 1 aliphatic rings. The molecule has 1 amide bonds. The van der Waals surface area contributed by atoms with E-state index in [1.807, 2.05) is 0 Å². The van der Waals surface area contributed by atoms with Crippen LogP contribution < -0.4 is 19.3 Å². The minimum atomic E-state index is -4.61. The van der Waals surface area contributed by atoms with Gasteiger partial charge in [0.15, 0.2) is 11.5 Å². The fraction of sp³-hybridized carbons (Fsp3) is 0.118. The Hall–Kier alpha value is -2.80. The first-order chi connectivity index (χ1) is 12.3. The Morgan fingerprint density at radius 1 is 1.04 bits per heavy atom. The van der Waals surface area contributed by atoms with Crippen LogP contribution in [-0.2, 0) is 9.36 Å². The maximum atomic E-state index is 12.3. The van der Waals surface area contributed by atoms with E-state index in [1.165, 1.54) is 26.4 Å². The fourth-order valence-electron chi connectivity index (χ4n) is 2.59. The van der Waals surface area contributed by atoms with Gasteiger partial charge in [0, 0.05) is 17.2 Å². The molecule has 9 heteroatoms. The molecule has 0 bridgehead atoms. The summed E-state index contributed by atoms with van der Waals surface area (Å²) in [6.07, 6.45) is 1.66. The number of benzene rings is 2. The summed E-state index contributed by atoms with van der Waals surface area (Å²) in [5.41, 5.74) is 2.38. The summed E-state index contributed by atoms with van der Waals surface area (Å²) in [5, 5.41) is 2.77. The van der Waals surface area contributed by atoms with Gasteiger partial charge in [-0.2, -0.15) is 0 Å². The van der Waals surface area contributed by atoms with Gasteiger partial charge in [-0.05, 0) is 29.8 Å². The number of carbonyl (C=O) groups excluding carboxylic acids is 1. The van der Waals surface area contributed by atoms with Crippen molar-refractivity contribution in [2.24, 2.45) is 0 Å². The molecule has 0 aromatic heterocycles. The highest BCUT2D eigenvalue weighted by Gasteiger charge is 2.26. The summed E-state index contributed by atoms with van der Waals surface area (Å²) in [5.74, 6) is 0.764. The third-order valence-electron chi connectivity index (χ3n) is 3.72. The minimum Gasteiger partial charge on any atom is -0.493 e. The average molecular weight is 377 g/mol. The van der Waals surface area contributed by atoms with Crippen molar-refractivity contribution in [1.29, 1.82) is 0 Å². The zero-order valence-corrected chi connectivity index (χ0v) is 14.8. The zero-order valence-electron chi connectivity index (χ0n) is 13.9. The Labute approximate surface area is 149 Å². The molecule has 8 nitrogen and oxygen atoms in total. The normalized spacial score (nSPS) is 14.8. The molecule has 1 aliphatic heterocycles. The Balaban J connectivity index is 1.95. The molecule has 136 valence electrons. The smallest absolute Gasteiger partial charge is 0.493 e. The number of amides is 1. The summed E-state index contributed by atoms with van der Waals surface area (Å²) in [6.45, 7) is 0. The summed E-state index contributed by atoms with van der Waals surface area (Å²) in [4.78, 5) is 29.9. The number of phosphoric ester groups is 1. The number of nitrogens with one attached hydrogen (secondary N) is 1. The van der Waals surface area contributed by atoms with Gasteiger partial charge in [0.2, 0.25) is 0 Å². The monoisotopic (exact) mass is 377 g/mol. The van der Waals surface area contributed by atoms with Crippen molar-refractivity contribution in [3.05, 3.63) is 47.5 Å². The van der Waals surface area contributed by atoms with Crippen molar-refractivity contribution in [2.45, 2.75) is 0 Å². The van der Waals surface area contributed by atoms with E-state index in [0.29, 0.717) is 33.9 Å². The number of ether oxygens (including phenoxy) is 2. The second-order valence-corrected chi connectivity index (χ2v) is 6.58. The van der Waals surface area contributed by atoms with Crippen LogP contribution in [0.3, 0.4) is 0 Å². The molecule has 3 rings (SSSR count). The van der Waals surface area contributed by atoms with Gasteiger partial charge in [-0.3, -0.25) is 14.6 Å². The minimum absolute atomic E-state index is 0.0307. The van der Waals surface area contributed by atoms with Crippen LogP contribution in [-0.4, -0.2) is 29.9 Å². The van der Waals surface area contributed by atoms with Crippen molar-refractivity contribution < 1.29 is 33.1 Å². The predicted molar refractivity (Wildman–Crippen MR) is 95.2 cm³/mol. The lowest BCUT2D eigenvalue weighted by Gasteiger charge is -2.09. The van der Waals surface area contributed by atoms with E-state index in [1.54, 1.807) is 30.3 Å². The lowest BCUT2D eigenvalue weighted by atomic mass is 10.0. The van der Waals surface area contributed by atoms with Crippen LogP contribution in [0.1, 0.15) is 11.1 Å². The van der Waals surface area contributed by atoms with Crippen molar-refractivity contribution in [2.75, 3.05) is 19.5 Å². The van der Waals surface area contributed by atoms with Gasteiger partial charge in [-0.25, -0.2) is 4.57 Å². The zero-order chi connectivity index (χ0) is 18.9. The third kappa shape index (κ3) is 3.72. The van der Waals surface area contributed by atoms with E-state index in [0.717, 1.165) is 0 Å². The summed E-state index contributed by atoms with van der Waals surface area (Å²) in [6, 6.07) is 9.39. The second-order valence-electron chi connectivity index (χ2n) is 5.42. The van der Waals surface area contributed by atoms with E-state index < -0.39 is 7.82 Å². The third-order valence-corrected chi connectivity index (χ3v) is 4.17. The van der Waals surface area contributed by atoms with E-state index in [-0.39, 0.29) is 11.7 Å². The molecule has 0 unspecified atom stereocenters. The van der Waals surface area contributed by atoms with Gasteiger partial charge < -0.3 is 19.3 Å². The first-order valence-electron chi connectivity index (χ1n) is 7.45. The quantitative estimate of drug-likeness (QED) is 0.542. The Morgan fingerprint density at radius 2 is 1.65 bits per heavy atom. The average Bonchev–Trinajstić information content (AvgIpc) is 2.88. The lowest BCUT2D eigenvalue weighted by molar-refractivity contribution is -0.110. The van der Waals surface area contributed by atoms with Crippen LogP contribution in [0.5, 0.6) is 17.2 Å².